The first kappa shape index (κ1) is 14.8. The Labute approximate surface area is 121 Å². The number of rotatable bonds is 3. The molecule has 112 valence electrons. The van der Waals surface area contributed by atoms with Crippen molar-refractivity contribution in [3.05, 3.63) is 35.9 Å². The van der Waals surface area contributed by atoms with E-state index in [-0.39, 0.29) is 12.5 Å². The van der Waals surface area contributed by atoms with Gasteiger partial charge in [0.1, 0.15) is 6.54 Å². The summed E-state index contributed by atoms with van der Waals surface area (Å²) in [5.74, 6) is -1.39. The molecule has 1 saturated heterocycles. The van der Waals surface area contributed by atoms with Crippen LogP contribution in [0.15, 0.2) is 30.3 Å². The second kappa shape index (κ2) is 6.74. The summed E-state index contributed by atoms with van der Waals surface area (Å²) in [6, 6.07) is 6.76. The minimum atomic E-state index is -1.14. The maximum absolute atomic E-state index is 12.2. The highest BCUT2D eigenvalue weighted by Crippen LogP contribution is 2.13. The highest BCUT2D eigenvalue weighted by atomic mass is 16.4. The van der Waals surface area contributed by atoms with Gasteiger partial charge in [0.15, 0.2) is 6.04 Å². The van der Waals surface area contributed by atoms with Crippen LogP contribution < -0.4 is 10.6 Å². The van der Waals surface area contributed by atoms with Crippen molar-refractivity contribution in [3.8, 4) is 0 Å². The van der Waals surface area contributed by atoms with Gasteiger partial charge in [-0.15, -0.1) is 0 Å². The number of nitrogens with one attached hydrogen (secondary N) is 2. The molecule has 7 nitrogen and oxygen atoms in total. The molecule has 2 rings (SSSR count). The van der Waals surface area contributed by atoms with Gasteiger partial charge in [0, 0.05) is 13.1 Å². The molecule has 1 atom stereocenters. The van der Waals surface area contributed by atoms with Gasteiger partial charge in [-0.25, -0.2) is 9.59 Å². The van der Waals surface area contributed by atoms with Gasteiger partial charge in [-0.2, -0.15) is 0 Å². The third-order valence-corrected chi connectivity index (χ3v) is 3.20. The molecular weight excluding hydrogens is 274 g/mol. The van der Waals surface area contributed by atoms with E-state index in [0.29, 0.717) is 25.1 Å². The van der Waals surface area contributed by atoms with Crippen molar-refractivity contribution in [1.29, 1.82) is 0 Å². The zero-order valence-electron chi connectivity index (χ0n) is 11.4. The van der Waals surface area contributed by atoms with Crippen LogP contribution in [0.5, 0.6) is 0 Å². The van der Waals surface area contributed by atoms with Crippen LogP contribution in [0.1, 0.15) is 18.0 Å². The Morgan fingerprint density at radius 2 is 2.00 bits per heavy atom. The zero-order valence-corrected chi connectivity index (χ0v) is 11.4. The van der Waals surface area contributed by atoms with Gasteiger partial charge in [0.2, 0.25) is 5.91 Å². The zero-order chi connectivity index (χ0) is 15.2. The van der Waals surface area contributed by atoms with E-state index < -0.39 is 18.0 Å². The minimum Gasteiger partial charge on any atom is -0.479 e. The smallest absolute Gasteiger partial charge is 0.330 e. The van der Waals surface area contributed by atoms with Gasteiger partial charge in [0.25, 0.3) is 0 Å². The van der Waals surface area contributed by atoms with E-state index in [1.165, 1.54) is 4.90 Å². The lowest BCUT2D eigenvalue weighted by Gasteiger charge is -2.22. The summed E-state index contributed by atoms with van der Waals surface area (Å²) in [6.45, 7) is 0.863. The second-order valence-corrected chi connectivity index (χ2v) is 4.76. The fraction of sp³-hybridized carbons (Fsp3) is 0.357. The third-order valence-electron chi connectivity index (χ3n) is 3.20. The standard InChI is InChI=1S/C14H17N3O4/c18-11-9-17(8-4-7-15-11)14(21)16-12(13(19)20)10-5-2-1-3-6-10/h1-3,5-6,12H,4,7-9H2,(H,15,18)(H,16,21)(H,19,20)/t12-/m1/s1. The van der Waals surface area contributed by atoms with Crippen LogP contribution in [0, 0.1) is 0 Å². The van der Waals surface area contributed by atoms with Gasteiger partial charge in [-0.3, -0.25) is 4.79 Å². The first-order chi connectivity index (χ1) is 10.1. The topological polar surface area (TPSA) is 98.7 Å². The fourth-order valence-electron chi connectivity index (χ4n) is 2.13. The number of urea groups is 1. The Kier molecular flexibility index (Phi) is 4.76. The summed E-state index contributed by atoms with van der Waals surface area (Å²) >= 11 is 0. The Hall–Kier alpha value is -2.57. The predicted octanol–water partition coefficient (Wildman–Crippen LogP) is 0.344. The van der Waals surface area contributed by atoms with Crippen molar-refractivity contribution in [2.75, 3.05) is 19.6 Å². The molecule has 1 aromatic rings. The number of carbonyl (C=O) groups is 3. The average Bonchev–Trinajstić information content (AvgIpc) is 2.69. The van der Waals surface area contributed by atoms with E-state index in [9.17, 15) is 19.5 Å². The number of carboxylic acid groups (broad SMARTS) is 1. The van der Waals surface area contributed by atoms with Gasteiger partial charge in [-0.1, -0.05) is 30.3 Å². The second-order valence-electron chi connectivity index (χ2n) is 4.76. The van der Waals surface area contributed by atoms with Crippen LogP contribution in [0.4, 0.5) is 4.79 Å². The van der Waals surface area contributed by atoms with E-state index >= 15 is 0 Å². The van der Waals surface area contributed by atoms with Crippen molar-refractivity contribution in [2.45, 2.75) is 12.5 Å². The van der Waals surface area contributed by atoms with E-state index in [1.807, 2.05) is 0 Å². The monoisotopic (exact) mass is 291 g/mol. The molecule has 1 aliphatic heterocycles. The van der Waals surface area contributed by atoms with Crippen LogP contribution in [-0.2, 0) is 9.59 Å². The Morgan fingerprint density at radius 3 is 2.67 bits per heavy atom. The van der Waals surface area contributed by atoms with Crippen LogP contribution in [-0.4, -0.2) is 47.5 Å². The molecule has 0 unspecified atom stereocenters. The van der Waals surface area contributed by atoms with Crippen LogP contribution in [0.2, 0.25) is 0 Å². The molecule has 0 radical (unpaired) electrons. The number of amides is 3. The van der Waals surface area contributed by atoms with E-state index in [1.54, 1.807) is 30.3 Å². The van der Waals surface area contributed by atoms with Crippen molar-refractivity contribution >= 4 is 17.9 Å². The summed E-state index contributed by atoms with van der Waals surface area (Å²) in [7, 11) is 0. The number of carboxylic acids is 1. The van der Waals surface area contributed by atoms with Crippen molar-refractivity contribution < 1.29 is 19.5 Å². The highest BCUT2D eigenvalue weighted by Gasteiger charge is 2.26. The summed E-state index contributed by atoms with van der Waals surface area (Å²) in [5.41, 5.74) is 0.484. The molecule has 1 heterocycles. The average molecular weight is 291 g/mol. The lowest BCUT2D eigenvalue weighted by Crippen LogP contribution is -2.46. The number of aliphatic carboxylic acids is 1. The van der Waals surface area contributed by atoms with Gasteiger partial charge in [-0.05, 0) is 12.0 Å². The molecule has 21 heavy (non-hydrogen) atoms. The van der Waals surface area contributed by atoms with E-state index in [2.05, 4.69) is 10.6 Å². The Bertz CT molecular complexity index is 532. The molecule has 0 aromatic heterocycles. The molecule has 1 aliphatic rings. The molecule has 0 aliphatic carbocycles. The maximum atomic E-state index is 12.2. The number of hydrogen-bond acceptors (Lipinski definition) is 3. The predicted molar refractivity (Wildman–Crippen MR) is 74.6 cm³/mol. The fourth-order valence-corrected chi connectivity index (χ4v) is 2.13. The number of carbonyl (C=O) groups excluding carboxylic acids is 2. The van der Waals surface area contributed by atoms with Gasteiger partial charge < -0.3 is 20.6 Å². The van der Waals surface area contributed by atoms with Crippen molar-refractivity contribution in [2.24, 2.45) is 0 Å². The first-order valence-corrected chi connectivity index (χ1v) is 6.68. The van der Waals surface area contributed by atoms with Crippen LogP contribution in [0.25, 0.3) is 0 Å². The minimum absolute atomic E-state index is 0.0625. The summed E-state index contributed by atoms with van der Waals surface area (Å²) < 4.78 is 0. The number of hydrogen-bond donors (Lipinski definition) is 3. The van der Waals surface area contributed by atoms with Crippen molar-refractivity contribution in [1.82, 2.24) is 15.5 Å². The Morgan fingerprint density at radius 1 is 1.29 bits per heavy atom. The summed E-state index contributed by atoms with van der Waals surface area (Å²) in [5, 5.41) is 14.4. The largest absolute Gasteiger partial charge is 0.479 e. The van der Waals surface area contributed by atoms with E-state index in [4.69, 9.17) is 0 Å². The highest BCUT2D eigenvalue weighted by molar-refractivity contribution is 5.87. The lowest BCUT2D eigenvalue weighted by atomic mass is 10.1. The van der Waals surface area contributed by atoms with Crippen LogP contribution in [0.3, 0.4) is 0 Å². The van der Waals surface area contributed by atoms with E-state index in [0.717, 1.165) is 0 Å². The number of benzene rings is 1. The number of nitrogens with zero attached hydrogens (tertiary/aromatic N) is 1. The molecule has 0 bridgehead atoms. The SMILES string of the molecule is O=C1CN(C(=O)N[C@@H](C(=O)O)c2ccccc2)CCCN1. The first-order valence-electron chi connectivity index (χ1n) is 6.68. The quantitative estimate of drug-likeness (QED) is 0.748. The molecule has 0 saturated carbocycles. The molecule has 3 N–H and O–H groups in total. The van der Waals surface area contributed by atoms with Crippen LogP contribution >= 0.6 is 0 Å². The lowest BCUT2D eigenvalue weighted by molar-refractivity contribution is -0.139. The molecule has 0 spiro atoms. The van der Waals surface area contributed by atoms with Gasteiger partial charge >= 0.3 is 12.0 Å². The molecular formula is C14H17N3O4. The van der Waals surface area contributed by atoms with Crippen molar-refractivity contribution in [3.63, 3.8) is 0 Å². The van der Waals surface area contributed by atoms with Gasteiger partial charge in [0.05, 0.1) is 0 Å². The summed E-state index contributed by atoms with van der Waals surface area (Å²) in [6.07, 6.45) is 0.641. The normalized spacial score (nSPS) is 16.6. The molecule has 3 amide bonds. The third kappa shape index (κ3) is 3.95. The summed E-state index contributed by atoms with van der Waals surface area (Å²) in [4.78, 5) is 36.3. The molecule has 1 fully saturated rings. The molecule has 1 aromatic carbocycles. The molecule has 7 heteroatoms. The maximum Gasteiger partial charge on any atom is 0.330 e. The Balaban J connectivity index is 2.08.